The Morgan fingerprint density at radius 2 is 2.00 bits per heavy atom. The van der Waals surface area contributed by atoms with Crippen LogP contribution in [0.15, 0.2) is 57.4 Å². The molecule has 0 radical (unpaired) electrons. The summed E-state index contributed by atoms with van der Waals surface area (Å²) in [7, 11) is 0. The van der Waals surface area contributed by atoms with Gasteiger partial charge in [-0.15, -0.1) is 0 Å². The average Bonchev–Trinajstić information content (AvgIpc) is 3.09. The highest BCUT2D eigenvalue weighted by atomic mass is 79.9. The van der Waals surface area contributed by atoms with Crippen molar-refractivity contribution < 1.29 is 19.1 Å². The lowest BCUT2D eigenvalue weighted by molar-refractivity contribution is -0.133. The lowest BCUT2D eigenvalue weighted by Gasteiger charge is -2.19. The Balaban J connectivity index is 1.70. The number of halogens is 1. The van der Waals surface area contributed by atoms with E-state index >= 15 is 0 Å². The molecule has 2 N–H and O–H groups in total. The van der Waals surface area contributed by atoms with Gasteiger partial charge in [-0.25, -0.2) is 0 Å². The Morgan fingerprint density at radius 3 is 2.79 bits per heavy atom. The highest BCUT2D eigenvalue weighted by Gasteiger charge is 2.47. The summed E-state index contributed by atoms with van der Waals surface area (Å²) in [6.07, 6.45) is -0.387. The largest absolute Gasteiger partial charge is 0.453 e. The van der Waals surface area contributed by atoms with Crippen molar-refractivity contribution in [3.8, 4) is 0 Å². The van der Waals surface area contributed by atoms with Gasteiger partial charge in [-0.2, -0.15) is 0 Å². The second-order valence-corrected chi connectivity index (χ2v) is 6.67. The molecule has 0 aliphatic carbocycles. The van der Waals surface area contributed by atoms with E-state index in [9.17, 15) is 14.7 Å². The van der Waals surface area contributed by atoms with Crippen molar-refractivity contribution in [1.29, 1.82) is 0 Å². The highest BCUT2D eigenvalue weighted by Crippen LogP contribution is 2.40. The number of para-hydroxylation sites is 1. The fraction of sp³-hybridized carbons (Fsp3) is 0.111. The van der Waals surface area contributed by atoms with E-state index in [0.29, 0.717) is 21.3 Å². The van der Waals surface area contributed by atoms with Gasteiger partial charge < -0.3 is 14.8 Å². The minimum atomic E-state index is -1.91. The Morgan fingerprint density at radius 1 is 1.21 bits per heavy atom. The first kappa shape index (κ1) is 15.1. The Kier molecular flexibility index (Phi) is 3.33. The standard InChI is InChI=1S/C18H12BrNO4/c19-11-5-6-13-12(8-11)18(23,17(22)20-13)9-14(21)16-7-10-3-1-2-4-15(10)24-16/h1-8,23H,9H2,(H,20,22). The van der Waals surface area contributed by atoms with Crippen LogP contribution in [0.1, 0.15) is 22.5 Å². The number of carbonyl (C=O) groups excluding carboxylic acids is 2. The number of hydrogen-bond donors (Lipinski definition) is 2. The van der Waals surface area contributed by atoms with E-state index in [0.717, 1.165) is 5.39 Å². The first-order valence-corrected chi connectivity index (χ1v) is 8.12. The molecule has 4 rings (SSSR count). The van der Waals surface area contributed by atoms with Crippen LogP contribution in [0.2, 0.25) is 0 Å². The number of anilines is 1. The van der Waals surface area contributed by atoms with Gasteiger partial charge in [-0.1, -0.05) is 34.1 Å². The van der Waals surface area contributed by atoms with Gasteiger partial charge in [0.1, 0.15) is 5.58 Å². The predicted molar refractivity (Wildman–Crippen MR) is 91.8 cm³/mol. The van der Waals surface area contributed by atoms with Crippen LogP contribution in [-0.4, -0.2) is 16.8 Å². The zero-order chi connectivity index (χ0) is 16.9. The number of Topliss-reactive ketones (excluding diaryl/α,β-unsaturated/α-hetero) is 1. The van der Waals surface area contributed by atoms with E-state index in [4.69, 9.17) is 4.42 Å². The van der Waals surface area contributed by atoms with E-state index in [1.165, 1.54) is 0 Å². The first-order chi connectivity index (χ1) is 11.5. The molecule has 1 atom stereocenters. The molecule has 1 aromatic heterocycles. The molecule has 0 saturated heterocycles. The molecule has 1 aliphatic rings. The molecule has 120 valence electrons. The van der Waals surface area contributed by atoms with Gasteiger partial charge in [-0.3, -0.25) is 9.59 Å². The highest BCUT2D eigenvalue weighted by molar-refractivity contribution is 9.10. The van der Waals surface area contributed by atoms with Gasteiger partial charge in [0.15, 0.2) is 11.4 Å². The number of hydrogen-bond acceptors (Lipinski definition) is 4. The number of carbonyl (C=O) groups is 2. The van der Waals surface area contributed by atoms with Crippen molar-refractivity contribution >= 4 is 44.3 Å². The summed E-state index contributed by atoms with van der Waals surface area (Å²) in [6.45, 7) is 0. The Bertz CT molecular complexity index is 961. The van der Waals surface area contributed by atoms with Crippen LogP contribution in [-0.2, 0) is 10.4 Å². The third kappa shape index (κ3) is 2.26. The smallest absolute Gasteiger partial charge is 0.261 e. The number of furan rings is 1. The normalized spacial score (nSPS) is 19.3. The molecule has 0 bridgehead atoms. The predicted octanol–water partition coefficient (Wildman–Crippen LogP) is 3.61. The molecule has 24 heavy (non-hydrogen) atoms. The van der Waals surface area contributed by atoms with E-state index in [1.807, 2.05) is 18.2 Å². The van der Waals surface area contributed by atoms with Gasteiger partial charge in [-0.05, 0) is 30.3 Å². The Hall–Kier alpha value is -2.44. The molecule has 2 heterocycles. The zero-order valence-corrected chi connectivity index (χ0v) is 14.0. The molecule has 6 heteroatoms. The maximum atomic E-state index is 12.6. The molecule has 1 unspecified atom stereocenters. The van der Waals surface area contributed by atoms with Crippen LogP contribution in [0.5, 0.6) is 0 Å². The number of aliphatic hydroxyl groups is 1. The molecule has 2 aromatic carbocycles. The minimum Gasteiger partial charge on any atom is -0.453 e. The maximum Gasteiger partial charge on any atom is 0.261 e. The number of rotatable bonds is 3. The molecule has 0 fully saturated rings. The van der Waals surface area contributed by atoms with Crippen molar-refractivity contribution in [2.75, 3.05) is 5.32 Å². The summed E-state index contributed by atoms with van der Waals surface area (Å²) in [4.78, 5) is 24.8. The molecule has 3 aromatic rings. The second-order valence-electron chi connectivity index (χ2n) is 5.75. The van der Waals surface area contributed by atoms with E-state index in [-0.39, 0.29) is 12.2 Å². The molecular formula is C18H12BrNO4. The fourth-order valence-electron chi connectivity index (χ4n) is 2.93. The van der Waals surface area contributed by atoms with Crippen LogP contribution < -0.4 is 5.32 Å². The zero-order valence-electron chi connectivity index (χ0n) is 12.4. The van der Waals surface area contributed by atoms with Crippen LogP contribution in [0.3, 0.4) is 0 Å². The topological polar surface area (TPSA) is 79.5 Å². The number of nitrogens with one attached hydrogen (secondary N) is 1. The van der Waals surface area contributed by atoms with Crippen LogP contribution >= 0.6 is 15.9 Å². The van der Waals surface area contributed by atoms with E-state index in [2.05, 4.69) is 21.2 Å². The second kappa shape index (κ2) is 5.29. The van der Waals surface area contributed by atoms with Crippen molar-refractivity contribution in [2.45, 2.75) is 12.0 Å². The molecule has 0 spiro atoms. The Labute approximate surface area is 145 Å². The maximum absolute atomic E-state index is 12.6. The SMILES string of the molecule is O=C(CC1(O)C(=O)Nc2ccc(Br)cc21)c1cc2ccccc2o1. The lowest BCUT2D eigenvalue weighted by Crippen LogP contribution is -2.36. The third-order valence-electron chi connectivity index (χ3n) is 4.17. The van der Waals surface area contributed by atoms with Gasteiger partial charge in [0.25, 0.3) is 5.91 Å². The van der Waals surface area contributed by atoms with E-state index < -0.39 is 17.3 Å². The van der Waals surface area contributed by atoms with Gasteiger partial charge in [0.05, 0.1) is 6.42 Å². The molecular weight excluding hydrogens is 374 g/mol. The van der Waals surface area contributed by atoms with Gasteiger partial charge in [0, 0.05) is 21.1 Å². The first-order valence-electron chi connectivity index (χ1n) is 7.33. The molecule has 5 nitrogen and oxygen atoms in total. The fourth-order valence-corrected chi connectivity index (χ4v) is 3.29. The summed E-state index contributed by atoms with van der Waals surface area (Å²) in [5, 5.41) is 14.3. The molecule has 1 aliphatic heterocycles. The summed E-state index contributed by atoms with van der Waals surface area (Å²) in [5.74, 6) is -0.919. The van der Waals surface area contributed by atoms with Crippen LogP contribution in [0.25, 0.3) is 11.0 Å². The number of ketones is 1. The summed E-state index contributed by atoms with van der Waals surface area (Å²) < 4.78 is 6.25. The summed E-state index contributed by atoms with van der Waals surface area (Å²) >= 11 is 3.32. The van der Waals surface area contributed by atoms with Crippen molar-refractivity contribution in [1.82, 2.24) is 0 Å². The van der Waals surface area contributed by atoms with Crippen LogP contribution in [0, 0.1) is 0 Å². The summed E-state index contributed by atoms with van der Waals surface area (Å²) in [6, 6.07) is 13.9. The third-order valence-corrected chi connectivity index (χ3v) is 4.66. The van der Waals surface area contributed by atoms with E-state index in [1.54, 1.807) is 30.3 Å². The quantitative estimate of drug-likeness (QED) is 0.674. The summed E-state index contributed by atoms with van der Waals surface area (Å²) in [5.41, 5.74) is -0.434. The minimum absolute atomic E-state index is 0.126. The van der Waals surface area contributed by atoms with Crippen molar-refractivity contribution in [3.63, 3.8) is 0 Å². The number of benzene rings is 2. The molecule has 0 saturated carbocycles. The molecule has 1 amide bonds. The van der Waals surface area contributed by atoms with Crippen molar-refractivity contribution in [2.24, 2.45) is 0 Å². The monoisotopic (exact) mass is 385 g/mol. The van der Waals surface area contributed by atoms with Gasteiger partial charge >= 0.3 is 0 Å². The lowest BCUT2D eigenvalue weighted by atomic mass is 9.89. The number of fused-ring (bicyclic) bond motifs is 2. The number of amides is 1. The van der Waals surface area contributed by atoms with Crippen LogP contribution in [0.4, 0.5) is 5.69 Å². The van der Waals surface area contributed by atoms with Crippen molar-refractivity contribution in [3.05, 3.63) is 64.3 Å². The average molecular weight is 386 g/mol. The van der Waals surface area contributed by atoms with Gasteiger partial charge in [0.2, 0.25) is 5.78 Å².